The quantitative estimate of drug-likeness (QED) is 0.119. The molecule has 0 spiro atoms. The van der Waals surface area contributed by atoms with Gasteiger partial charge in [-0.15, -0.1) is 5.10 Å². The van der Waals surface area contributed by atoms with Crippen LogP contribution in [0, 0.1) is 0 Å². The number of sulfone groups is 1. The average molecular weight is 641 g/mol. The van der Waals surface area contributed by atoms with Gasteiger partial charge in [0.25, 0.3) is 0 Å². The number of pyridine rings is 1. The van der Waals surface area contributed by atoms with Gasteiger partial charge in [-0.3, -0.25) is 14.9 Å². The fourth-order valence-corrected chi connectivity index (χ4v) is 7.41. The molecule has 1 aromatic carbocycles. The summed E-state index contributed by atoms with van der Waals surface area (Å²) in [6.07, 6.45) is 14.4. The van der Waals surface area contributed by atoms with Gasteiger partial charge in [-0.2, -0.15) is 4.63 Å². The number of fused-ring (bicyclic) bond motifs is 1. The maximum Gasteiger partial charge on any atom is 0.243 e. The summed E-state index contributed by atoms with van der Waals surface area (Å²) < 4.78 is 28.8. The van der Waals surface area contributed by atoms with E-state index < -0.39 is 21.0 Å². The number of carbonyl (C=O) groups is 1. The molecule has 0 aliphatic rings. The molecule has 0 bridgehead atoms. The fraction of sp³-hybridized carbons (Fsp3) is 0.515. The molecule has 3 heterocycles. The molecule has 1 unspecified atom stereocenters. The minimum atomic E-state index is -3.92. The van der Waals surface area contributed by atoms with Gasteiger partial charge in [0.05, 0.1) is 10.6 Å². The number of hydrogen-bond donors (Lipinski definition) is 2. The lowest BCUT2D eigenvalue weighted by Crippen LogP contribution is -2.35. The average Bonchev–Trinajstić information content (AvgIpc) is 3.55. The van der Waals surface area contributed by atoms with Crippen molar-refractivity contribution in [2.75, 3.05) is 5.32 Å². The summed E-state index contributed by atoms with van der Waals surface area (Å²) in [4.78, 5) is 22.2. The number of nitrogens with zero attached hydrogens (tertiary/aromatic N) is 4. The van der Waals surface area contributed by atoms with Crippen LogP contribution in [0.5, 0.6) is 0 Å². The van der Waals surface area contributed by atoms with Crippen molar-refractivity contribution in [3.8, 4) is 11.4 Å². The normalized spacial score (nSPS) is 12.9. The van der Waals surface area contributed by atoms with E-state index in [1.807, 2.05) is 6.07 Å². The highest BCUT2D eigenvalue weighted by Gasteiger charge is 2.34. The van der Waals surface area contributed by atoms with Crippen molar-refractivity contribution in [3.05, 3.63) is 59.5 Å². The number of rotatable bonds is 16. The van der Waals surface area contributed by atoms with E-state index in [2.05, 4.69) is 53.2 Å². The molecule has 1 amide bonds. The van der Waals surface area contributed by atoms with Gasteiger partial charge < -0.3 is 5.32 Å². The van der Waals surface area contributed by atoms with E-state index in [-0.39, 0.29) is 16.7 Å². The molecule has 44 heavy (non-hydrogen) atoms. The number of anilines is 1. The Labute approximate surface area is 266 Å². The van der Waals surface area contributed by atoms with Crippen LogP contribution in [0.25, 0.3) is 17.0 Å². The third-order valence-corrected chi connectivity index (χ3v) is 10.3. The largest absolute Gasteiger partial charge is 0.325 e. The molecule has 1 atom stereocenters. The summed E-state index contributed by atoms with van der Waals surface area (Å²) in [5.41, 5.74) is 2.28. The number of unbranched alkanes of at least 4 members (excludes halogenated alkanes) is 9. The van der Waals surface area contributed by atoms with E-state index in [1.165, 1.54) is 63.1 Å². The molecule has 3 aromatic heterocycles. The van der Waals surface area contributed by atoms with Gasteiger partial charge in [0, 0.05) is 29.1 Å². The molecule has 0 aliphatic heterocycles. The monoisotopic (exact) mass is 640 g/mol. The topological polar surface area (TPSA) is 122 Å². The first-order valence-corrected chi connectivity index (χ1v) is 17.6. The van der Waals surface area contributed by atoms with Crippen LogP contribution in [-0.4, -0.2) is 44.4 Å². The smallest absolute Gasteiger partial charge is 0.243 e. The Kier molecular flexibility index (Phi) is 11.6. The van der Waals surface area contributed by atoms with E-state index in [9.17, 15) is 13.2 Å². The summed E-state index contributed by atoms with van der Waals surface area (Å²) in [5.74, 6) is -0.126. The summed E-state index contributed by atoms with van der Waals surface area (Å²) in [5, 5.41) is 9.90. The summed E-state index contributed by atoms with van der Waals surface area (Å²) in [7, 11) is -3.92. The van der Waals surface area contributed by atoms with Gasteiger partial charge in [-0.25, -0.2) is 13.4 Å². The van der Waals surface area contributed by atoms with Crippen LogP contribution in [0.15, 0.2) is 53.7 Å². The van der Waals surface area contributed by atoms with E-state index in [4.69, 9.17) is 11.6 Å². The molecule has 0 saturated heterocycles. The third-order valence-electron chi connectivity index (χ3n) is 7.84. The molecule has 2 N–H and O–H groups in total. The second-order valence-electron chi connectivity index (χ2n) is 12.5. The van der Waals surface area contributed by atoms with Crippen molar-refractivity contribution in [1.82, 2.24) is 24.8 Å². The molecule has 0 radical (unpaired) electrons. The summed E-state index contributed by atoms with van der Waals surface area (Å²) >= 11 is 6.60. The Bertz CT molecular complexity index is 1630. The minimum absolute atomic E-state index is 0.0947. The van der Waals surface area contributed by atoms with Crippen LogP contribution in [-0.2, 0) is 20.0 Å². The zero-order valence-electron chi connectivity index (χ0n) is 26.3. The first-order chi connectivity index (χ1) is 21.0. The molecule has 9 nitrogen and oxygen atoms in total. The second-order valence-corrected chi connectivity index (χ2v) is 15.0. The molecular weight excluding hydrogens is 596 g/mol. The number of carbonyl (C=O) groups excluding carboxylic acids is 1. The molecule has 0 saturated carbocycles. The first-order valence-electron chi connectivity index (χ1n) is 15.7. The Hall–Kier alpha value is -3.24. The first kappa shape index (κ1) is 33.6. The van der Waals surface area contributed by atoms with E-state index >= 15 is 0 Å². The number of hydrogen-bond acceptors (Lipinski definition) is 6. The van der Waals surface area contributed by atoms with Crippen molar-refractivity contribution in [2.24, 2.45) is 0 Å². The predicted octanol–water partition coefficient (Wildman–Crippen LogP) is 8.16. The Morgan fingerprint density at radius 1 is 0.977 bits per heavy atom. The summed E-state index contributed by atoms with van der Waals surface area (Å²) in [6, 6.07) is 9.95. The number of aromatic nitrogens is 5. The van der Waals surface area contributed by atoms with E-state index in [0.29, 0.717) is 34.2 Å². The molecule has 4 rings (SSSR count). The zero-order chi connectivity index (χ0) is 31.7. The lowest BCUT2D eigenvalue weighted by atomic mass is 9.92. The number of amides is 1. The van der Waals surface area contributed by atoms with Crippen LogP contribution in [0.2, 0.25) is 5.02 Å². The van der Waals surface area contributed by atoms with Crippen molar-refractivity contribution in [3.63, 3.8) is 0 Å². The highest BCUT2D eigenvalue weighted by Crippen LogP contribution is 2.32. The van der Waals surface area contributed by atoms with Crippen LogP contribution in [0.3, 0.4) is 0 Å². The van der Waals surface area contributed by atoms with Gasteiger partial charge in [0.2, 0.25) is 5.91 Å². The van der Waals surface area contributed by atoms with Gasteiger partial charge in [0.1, 0.15) is 10.3 Å². The molecule has 238 valence electrons. The van der Waals surface area contributed by atoms with Crippen molar-refractivity contribution < 1.29 is 13.2 Å². The van der Waals surface area contributed by atoms with Crippen LogP contribution >= 0.6 is 11.6 Å². The standard InChI is InChI=1S/C33H45ClN6O3S/c1-5-6-7-8-9-10-11-12-13-14-18-27(44(42,43)26-19-21-35-22-20-26)32(41)36-25-17-15-16-24(23-25)30-37-31-28(34)29(33(2,3)4)38-40(31)39-30/h15-17,19-23,27,38H,5-14,18H2,1-4H3,(H,36,41). The van der Waals surface area contributed by atoms with Crippen molar-refractivity contribution in [2.45, 2.75) is 114 Å². The third kappa shape index (κ3) is 8.47. The molecular formula is C33H45ClN6O3S. The number of benzene rings is 1. The lowest BCUT2D eigenvalue weighted by Gasteiger charge is -2.18. The van der Waals surface area contributed by atoms with Crippen LogP contribution in [0.1, 0.15) is 104 Å². The fourth-order valence-electron chi connectivity index (χ4n) is 5.31. The molecule has 4 aromatic rings. The molecule has 11 heteroatoms. The number of halogens is 1. The van der Waals surface area contributed by atoms with Gasteiger partial charge in [-0.1, -0.05) is 116 Å². The Morgan fingerprint density at radius 3 is 2.23 bits per heavy atom. The van der Waals surface area contributed by atoms with E-state index in [1.54, 1.807) is 22.8 Å². The predicted molar refractivity (Wildman–Crippen MR) is 177 cm³/mol. The molecule has 0 aliphatic carbocycles. The minimum Gasteiger partial charge on any atom is -0.325 e. The van der Waals surface area contributed by atoms with Crippen LogP contribution < -0.4 is 5.32 Å². The van der Waals surface area contributed by atoms with Crippen LogP contribution in [0.4, 0.5) is 5.69 Å². The number of H-pyrrole nitrogens is 1. The highest BCUT2D eigenvalue weighted by molar-refractivity contribution is 7.92. The highest BCUT2D eigenvalue weighted by atomic mass is 35.5. The lowest BCUT2D eigenvalue weighted by molar-refractivity contribution is -0.116. The number of nitrogens with one attached hydrogen (secondary N) is 2. The Balaban J connectivity index is 1.45. The van der Waals surface area contributed by atoms with Gasteiger partial charge >= 0.3 is 0 Å². The summed E-state index contributed by atoms with van der Waals surface area (Å²) in [6.45, 7) is 8.37. The zero-order valence-corrected chi connectivity index (χ0v) is 27.8. The maximum absolute atomic E-state index is 13.6. The van der Waals surface area contributed by atoms with Crippen molar-refractivity contribution >= 4 is 38.7 Å². The van der Waals surface area contributed by atoms with Crippen molar-refractivity contribution in [1.29, 1.82) is 0 Å². The SMILES string of the molecule is CCCCCCCCCCCCC(C(=O)Nc1cccc(-c2nc3c(Cl)c(C(C)(C)C)[nH]n3n2)c1)S(=O)(=O)c1ccncc1. The van der Waals surface area contributed by atoms with E-state index in [0.717, 1.165) is 25.0 Å². The van der Waals surface area contributed by atoms with Gasteiger partial charge in [-0.05, 0) is 30.7 Å². The Morgan fingerprint density at radius 2 is 1.61 bits per heavy atom. The number of aromatic amines is 1. The molecule has 0 fully saturated rings. The maximum atomic E-state index is 13.6. The second kappa shape index (κ2) is 15.2. The van der Waals surface area contributed by atoms with Gasteiger partial charge in [0.15, 0.2) is 21.3 Å².